The summed E-state index contributed by atoms with van der Waals surface area (Å²) in [5, 5.41) is 1.43. The molecule has 0 aliphatic heterocycles. The number of aryl methyl sites for hydroxylation is 1. The van der Waals surface area contributed by atoms with E-state index in [0.717, 1.165) is 10.9 Å². The van der Waals surface area contributed by atoms with E-state index in [1.807, 2.05) is 6.92 Å². The molecule has 5 nitrogen and oxygen atoms in total. The van der Waals surface area contributed by atoms with Gasteiger partial charge >= 0.3 is 0 Å². The Bertz CT molecular complexity index is 948. The van der Waals surface area contributed by atoms with Crippen molar-refractivity contribution in [3.8, 4) is 11.5 Å². The maximum Gasteiger partial charge on any atom is 0.294 e. The molecule has 0 N–H and O–H groups in total. The molecule has 1 heterocycles. The molecule has 0 atom stereocenters. The number of methoxy groups -OCH3 is 2. The quantitative estimate of drug-likeness (QED) is 0.678. The Morgan fingerprint density at radius 2 is 1.80 bits per heavy atom. The van der Waals surface area contributed by atoms with Crippen LogP contribution in [0, 0.1) is 6.92 Å². The molecular weight excluding hydrogens is 342 g/mol. The van der Waals surface area contributed by atoms with E-state index in [2.05, 4.69) is 0 Å². The first-order valence-corrected chi connectivity index (χ1v) is 8.02. The molecule has 0 bridgehead atoms. The summed E-state index contributed by atoms with van der Waals surface area (Å²) < 4.78 is 16.3. The Labute approximate surface area is 150 Å². The maximum absolute atomic E-state index is 12.9. The fourth-order valence-corrected chi connectivity index (χ4v) is 2.87. The number of carbonyl (C=O) groups excluding carboxylic acids is 1. The largest absolute Gasteiger partial charge is 0.493 e. The zero-order chi connectivity index (χ0) is 18.1. The molecule has 0 aliphatic rings. The van der Waals surface area contributed by atoms with Crippen molar-refractivity contribution < 1.29 is 18.7 Å². The molecule has 25 heavy (non-hydrogen) atoms. The van der Waals surface area contributed by atoms with Crippen molar-refractivity contribution in [2.75, 3.05) is 26.2 Å². The van der Waals surface area contributed by atoms with E-state index in [9.17, 15) is 4.79 Å². The fraction of sp³-hybridized carbons (Fsp3) is 0.211. The first-order valence-electron chi connectivity index (χ1n) is 7.65. The van der Waals surface area contributed by atoms with E-state index in [-0.39, 0.29) is 11.7 Å². The van der Waals surface area contributed by atoms with Crippen molar-refractivity contribution in [3.63, 3.8) is 0 Å². The molecule has 0 unspecified atom stereocenters. The second kappa shape index (κ2) is 6.69. The Kier molecular flexibility index (Phi) is 4.59. The summed E-state index contributed by atoms with van der Waals surface area (Å²) in [7, 11) is 4.80. The number of halogens is 1. The SMILES string of the molecule is COc1ccc(N(C)C(=O)c2oc3ccc(Cl)cc3c2C)cc1OC. The number of hydrogen-bond acceptors (Lipinski definition) is 4. The average molecular weight is 360 g/mol. The number of ether oxygens (including phenoxy) is 2. The predicted molar refractivity (Wildman–Crippen MR) is 98.2 cm³/mol. The van der Waals surface area contributed by atoms with Crippen LogP contribution in [0.5, 0.6) is 11.5 Å². The summed E-state index contributed by atoms with van der Waals surface area (Å²) in [6.45, 7) is 1.85. The second-order valence-corrected chi connectivity index (χ2v) is 6.04. The van der Waals surface area contributed by atoms with Gasteiger partial charge in [0.1, 0.15) is 5.58 Å². The molecular formula is C19H18ClNO4. The van der Waals surface area contributed by atoms with Crippen LogP contribution in [0.4, 0.5) is 5.69 Å². The molecule has 3 aromatic rings. The number of carbonyl (C=O) groups is 1. The van der Waals surface area contributed by atoms with Gasteiger partial charge in [0, 0.05) is 34.8 Å². The van der Waals surface area contributed by atoms with Crippen molar-refractivity contribution in [2.45, 2.75) is 6.92 Å². The first kappa shape index (κ1) is 17.2. The average Bonchev–Trinajstić information content (AvgIpc) is 2.96. The zero-order valence-electron chi connectivity index (χ0n) is 14.4. The van der Waals surface area contributed by atoms with Gasteiger partial charge < -0.3 is 18.8 Å². The number of rotatable bonds is 4. The third kappa shape index (κ3) is 3.03. The zero-order valence-corrected chi connectivity index (χ0v) is 15.2. The lowest BCUT2D eigenvalue weighted by Crippen LogP contribution is -2.26. The topological polar surface area (TPSA) is 51.9 Å². The Hall–Kier alpha value is -2.66. The number of furan rings is 1. The fourth-order valence-electron chi connectivity index (χ4n) is 2.70. The van der Waals surface area contributed by atoms with Crippen molar-refractivity contribution in [1.29, 1.82) is 0 Å². The monoisotopic (exact) mass is 359 g/mol. The van der Waals surface area contributed by atoms with Crippen LogP contribution in [0.2, 0.25) is 5.02 Å². The normalized spacial score (nSPS) is 10.8. The summed E-state index contributed by atoms with van der Waals surface area (Å²) in [5.41, 5.74) is 2.06. The van der Waals surface area contributed by atoms with Gasteiger partial charge in [0.05, 0.1) is 14.2 Å². The summed E-state index contributed by atoms with van der Waals surface area (Å²) in [6.07, 6.45) is 0. The van der Waals surface area contributed by atoms with E-state index in [1.54, 1.807) is 57.7 Å². The van der Waals surface area contributed by atoms with Crippen LogP contribution in [-0.2, 0) is 0 Å². The van der Waals surface area contributed by atoms with Crippen LogP contribution in [0.25, 0.3) is 11.0 Å². The summed E-state index contributed by atoms with van der Waals surface area (Å²) in [4.78, 5) is 14.4. The lowest BCUT2D eigenvalue weighted by molar-refractivity contribution is 0.0967. The number of hydrogen-bond donors (Lipinski definition) is 0. The molecule has 6 heteroatoms. The highest BCUT2D eigenvalue weighted by Gasteiger charge is 2.23. The molecule has 0 saturated heterocycles. The van der Waals surface area contributed by atoms with Gasteiger partial charge in [-0.1, -0.05) is 11.6 Å². The molecule has 130 valence electrons. The minimum absolute atomic E-state index is 0.253. The van der Waals surface area contributed by atoms with Crippen LogP contribution >= 0.6 is 11.6 Å². The summed E-state index contributed by atoms with van der Waals surface area (Å²) >= 11 is 6.04. The minimum Gasteiger partial charge on any atom is -0.493 e. The van der Waals surface area contributed by atoms with E-state index in [4.69, 9.17) is 25.5 Å². The number of amides is 1. The van der Waals surface area contributed by atoms with Gasteiger partial charge in [0.2, 0.25) is 0 Å². The Morgan fingerprint density at radius 1 is 1.08 bits per heavy atom. The van der Waals surface area contributed by atoms with Crippen LogP contribution < -0.4 is 14.4 Å². The lowest BCUT2D eigenvalue weighted by Gasteiger charge is -2.18. The molecule has 0 fully saturated rings. The van der Waals surface area contributed by atoms with Crippen molar-refractivity contribution in [3.05, 3.63) is 52.7 Å². The van der Waals surface area contributed by atoms with Gasteiger partial charge in [0.15, 0.2) is 17.3 Å². The molecule has 1 amide bonds. The summed E-state index contributed by atoms with van der Waals surface area (Å²) in [6, 6.07) is 10.6. The summed E-state index contributed by atoms with van der Waals surface area (Å²) in [5.74, 6) is 1.18. The van der Waals surface area contributed by atoms with Gasteiger partial charge in [0.25, 0.3) is 5.91 Å². The van der Waals surface area contributed by atoms with Crippen LogP contribution in [0.15, 0.2) is 40.8 Å². The molecule has 0 radical (unpaired) electrons. The van der Waals surface area contributed by atoms with E-state index < -0.39 is 0 Å². The molecule has 3 rings (SSSR count). The number of fused-ring (bicyclic) bond motifs is 1. The predicted octanol–water partition coefficient (Wildman–Crippen LogP) is 4.69. The molecule has 2 aromatic carbocycles. The number of anilines is 1. The number of benzene rings is 2. The van der Waals surface area contributed by atoms with Gasteiger partial charge in [-0.3, -0.25) is 4.79 Å². The lowest BCUT2D eigenvalue weighted by atomic mass is 10.1. The van der Waals surface area contributed by atoms with Gasteiger partial charge in [-0.05, 0) is 37.3 Å². The highest BCUT2D eigenvalue weighted by molar-refractivity contribution is 6.31. The molecule has 0 aliphatic carbocycles. The third-order valence-electron chi connectivity index (χ3n) is 4.15. The third-order valence-corrected chi connectivity index (χ3v) is 4.39. The van der Waals surface area contributed by atoms with E-state index in [1.165, 1.54) is 4.90 Å². The Balaban J connectivity index is 1.99. The Morgan fingerprint density at radius 3 is 2.48 bits per heavy atom. The minimum atomic E-state index is -0.253. The standard InChI is InChI=1S/C19H18ClNO4/c1-11-14-9-12(20)5-7-15(14)25-18(11)19(22)21(2)13-6-8-16(23-3)17(10-13)24-4/h5-10H,1-4H3. The maximum atomic E-state index is 12.9. The van der Waals surface area contributed by atoms with Crippen LogP contribution in [-0.4, -0.2) is 27.2 Å². The molecule has 0 spiro atoms. The number of nitrogens with zero attached hydrogens (tertiary/aromatic N) is 1. The molecule has 1 aromatic heterocycles. The smallest absolute Gasteiger partial charge is 0.294 e. The van der Waals surface area contributed by atoms with Crippen molar-refractivity contribution in [1.82, 2.24) is 0 Å². The van der Waals surface area contributed by atoms with Crippen LogP contribution in [0.3, 0.4) is 0 Å². The first-order chi connectivity index (χ1) is 12.0. The van der Waals surface area contributed by atoms with Crippen molar-refractivity contribution in [2.24, 2.45) is 0 Å². The van der Waals surface area contributed by atoms with Gasteiger partial charge in [-0.25, -0.2) is 0 Å². The van der Waals surface area contributed by atoms with Gasteiger partial charge in [-0.2, -0.15) is 0 Å². The van der Waals surface area contributed by atoms with Crippen LogP contribution in [0.1, 0.15) is 16.1 Å². The van der Waals surface area contributed by atoms with Gasteiger partial charge in [-0.15, -0.1) is 0 Å². The second-order valence-electron chi connectivity index (χ2n) is 5.60. The molecule has 0 saturated carbocycles. The van der Waals surface area contributed by atoms with Crippen molar-refractivity contribution >= 4 is 34.2 Å². The van der Waals surface area contributed by atoms with E-state index in [0.29, 0.717) is 27.8 Å². The highest BCUT2D eigenvalue weighted by Crippen LogP contribution is 2.33. The highest BCUT2D eigenvalue weighted by atomic mass is 35.5. The van der Waals surface area contributed by atoms with E-state index >= 15 is 0 Å².